The van der Waals surface area contributed by atoms with Crippen molar-refractivity contribution in [1.29, 1.82) is 0 Å². The second-order valence-electron chi connectivity index (χ2n) is 6.90. The Balaban J connectivity index is 1.76. The predicted molar refractivity (Wildman–Crippen MR) is 100 cm³/mol. The molecule has 1 N–H and O–H groups in total. The van der Waals surface area contributed by atoms with Crippen LogP contribution in [0.2, 0.25) is 0 Å². The molecule has 0 spiro atoms. The zero-order valence-corrected chi connectivity index (χ0v) is 15.5. The van der Waals surface area contributed by atoms with E-state index >= 15 is 0 Å². The van der Waals surface area contributed by atoms with Crippen LogP contribution in [0.5, 0.6) is 0 Å². The van der Waals surface area contributed by atoms with Gasteiger partial charge in [-0.25, -0.2) is 4.68 Å². The summed E-state index contributed by atoms with van der Waals surface area (Å²) in [7, 11) is 0. The molecule has 2 heterocycles. The van der Waals surface area contributed by atoms with E-state index < -0.39 is 0 Å². The molecule has 0 bridgehead atoms. The number of carbonyl (C=O) groups excluding carboxylic acids is 1. The molecule has 1 aromatic carbocycles. The zero-order chi connectivity index (χ0) is 18.7. The van der Waals surface area contributed by atoms with Gasteiger partial charge < -0.3 is 10.1 Å². The van der Waals surface area contributed by atoms with Crippen molar-refractivity contribution in [2.24, 2.45) is 0 Å². The van der Waals surface area contributed by atoms with E-state index in [1.165, 1.54) is 21.9 Å². The lowest BCUT2D eigenvalue weighted by Gasteiger charge is -2.13. The van der Waals surface area contributed by atoms with E-state index in [4.69, 9.17) is 4.74 Å². The number of nitrogens with one attached hydrogen (secondary N) is 1. The Kier molecular flexibility index (Phi) is 5.52. The summed E-state index contributed by atoms with van der Waals surface area (Å²) in [6.07, 6.45) is 2.06. The number of hydrogen-bond acceptors (Lipinski definition) is 4. The van der Waals surface area contributed by atoms with Crippen molar-refractivity contribution in [3.05, 3.63) is 51.3 Å². The maximum absolute atomic E-state index is 12.2. The summed E-state index contributed by atoms with van der Waals surface area (Å²) in [5.74, 6) is -0.232. The van der Waals surface area contributed by atoms with E-state index in [0.29, 0.717) is 12.2 Å². The molecule has 2 aromatic rings. The molecule has 1 aliphatic rings. The Labute approximate surface area is 153 Å². The van der Waals surface area contributed by atoms with Crippen LogP contribution in [-0.4, -0.2) is 34.9 Å². The molecule has 0 aliphatic carbocycles. The van der Waals surface area contributed by atoms with Gasteiger partial charge in [0.25, 0.3) is 5.56 Å². The minimum Gasteiger partial charge on any atom is -0.376 e. The first-order chi connectivity index (χ1) is 12.4. The molecule has 6 nitrogen and oxygen atoms in total. The number of carbonyl (C=O) groups is 1. The minimum absolute atomic E-state index is 0.0770. The molecule has 1 aromatic heterocycles. The average molecular weight is 355 g/mol. The van der Waals surface area contributed by atoms with Crippen molar-refractivity contribution < 1.29 is 9.53 Å². The van der Waals surface area contributed by atoms with Crippen LogP contribution in [-0.2, 0) is 16.1 Å². The van der Waals surface area contributed by atoms with Crippen molar-refractivity contribution in [2.75, 3.05) is 13.2 Å². The van der Waals surface area contributed by atoms with E-state index in [2.05, 4.69) is 29.5 Å². The lowest BCUT2D eigenvalue weighted by Crippen LogP contribution is -2.37. The highest BCUT2D eigenvalue weighted by Gasteiger charge is 2.17. The van der Waals surface area contributed by atoms with Gasteiger partial charge in [0.05, 0.1) is 11.8 Å². The summed E-state index contributed by atoms with van der Waals surface area (Å²) in [6, 6.07) is 7.35. The van der Waals surface area contributed by atoms with Crippen LogP contribution in [0.25, 0.3) is 11.3 Å². The molecule has 3 rings (SSSR count). The molecule has 1 atom stereocenters. The molecule has 0 unspecified atom stereocenters. The fourth-order valence-corrected chi connectivity index (χ4v) is 3.17. The molecule has 0 saturated carbocycles. The maximum Gasteiger partial charge on any atom is 0.267 e. The highest BCUT2D eigenvalue weighted by Crippen LogP contribution is 2.24. The van der Waals surface area contributed by atoms with Crippen LogP contribution >= 0.6 is 0 Å². The molecular formula is C20H25N3O3. The van der Waals surface area contributed by atoms with E-state index in [1.807, 2.05) is 13.8 Å². The standard InChI is InChI=1S/C20H25N3O3/c1-13-9-15(3)17(10-14(13)2)18-6-7-20(25)23(22-18)12-19(24)21-11-16-5-4-8-26-16/h6-7,9-10,16H,4-5,8,11-12H2,1-3H3,(H,21,24)/t16-/m1/s1. The largest absolute Gasteiger partial charge is 0.376 e. The van der Waals surface area contributed by atoms with Gasteiger partial charge in [0.15, 0.2) is 0 Å². The van der Waals surface area contributed by atoms with Crippen LogP contribution in [0, 0.1) is 20.8 Å². The topological polar surface area (TPSA) is 73.2 Å². The van der Waals surface area contributed by atoms with E-state index in [0.717, 1.165) is 30.6 Å². The number of benzene rings is 1. The van der Waals surface area contributed by atoms with Crippen molar-refractivity contribution in [3.63, 3.8) is 0 Å². The highest BCUT2D eigenvalue weighted by atomic mass is 16.5. The number of hydrogen-bond donors (Lipinski definition) is 1. The maximum atomic E-state index is 12.2. The highest BCUT2D eigenvalue weighted by molar-refractivity contribution is 5.75. The number of ether oxygens (including phenoxy) is 1. The number of nitrogens with zero attached hydrogens (tertiary/aromatic N) is 2. The van der Waals surface area contributed by atoms with Gasteiger partial charge in [0, 0.05) is 24.8 Å². The van der Waals surface area contributed by atoms with Gasteiger partial charge in [0.2, 0.25) is 5.91 Å². The van der Waals surface area contributed by atoms with E-state index in [1.54, 1.807) is 6.07 Å². The summed E-state index contributed by atoms with van der Waals surface area (Å²) >= 11 is 0. The normalized spacial score (nSPS) is 16.7. The summed E-state index contributed by atoms with van der Waals surface area (Å²) in [5.41, 5.74) is 4.85. The Bertz CT molecular complexity index is 867. The Morgan fingerprint density at radius 1 is 1.23 bits per heavy atom. The first kappa shape index (κ1) is 18.3. The molecule has 1 saturated heterocycles. The fraction of sp³-hybridized carbons (Fsp3) is 0.450. The number of aryl methyl sites for hydroxylation is 3. The molecular weight excluding hydrogens is 330 g/mol. The first-order valence-corrected chi connectivity index (χ1v) is 8.99. The Morgan fingerprint density at radius 3 is 2.73 bits per heavy atom. The lowest BCUT2D eigenvalue weighted by molar-refractivity contribution is -0.122. The molecule has 6 heteroatoms. The third-order valence-corrected chi connectivity index (χ3v) is 4.83. The van der Waals surface area contributed by atoms with Gasteiger partial charge in [-0.1, -0.05) is 6.07 Å². The SMILES string of the molecule is Cc1cc(C)c(-c2ccc(=O)n(CC(=O)NC[C@H]3CCCO3)n2)cc1C. The van der Waals surface area contributed by atoms with Gasteiger partial charge in [-0.2, -0.15) is 5.10 Å². The van der Waals surface area contributed by atoms with Crippen LogP contribution in [0.4, 0.5) is 0 Å². The van der Waals surface area contributed by atoms with Gasteiger partial charge >= 0.3 is 0 Å². The summed E-state index contributed by atoms with van der Waals surface area (Å²) < 4.78 is 6.71. The van der Waals surface area contributed by atoms with Gasteiger partial charge in [0.1, 0.15) is 6.54 Å². The molecule has 138 valence electrons. The smallest absolute Gasteiger partial charge is 0.267 e. The van der Waals surface area contributed by atoms with Crippen molar-refractivity contribution >= 4 is 5.91 Å². The third-order valence-electron chi connectivity index (χ3n) is 4.83. The zero-order valence-electron chi connectivity index (χ0n) is 15.5. The lowest BCUT2D eigenvalue weighted by atomic mass is 9.99. The van der Waals surface area contributed by atoms with Crippen LogP contribution in [0.15, 0.2) is 29.1 Å². The molecule has 1 fully saturated rings. The summed E-state index contributed by atoms with van der Waals surface area (Å²) in [6.45, 7) is 7.27. The van der Waals surface area contributed by atoms with E-state index in [9.17, 15) is 9.59 Å². The Hall–Kier alpha value is -2.47. The molecule has 1 aliphatic heterocycles. The number of amides is 1. The van der Waals surface area contributed by atoms with Gasteiger partial charge in [-0.15, -0.1) is 0 Å². The van der Waals surface area contributed by atoms with Gasteiger partial charge in [-0.05, 0) is 62.4 Å². The molecule has 0 radical (unpaired) electrons. The number of rotatable bonds is 5. The third kappa shape index (κ3) is 4.19. The first-order valence-electron chi connectivity index (χ1n) is 8.99. The van der Waals surface area contributed by atoms with Gasteiger partial charge in [-0.3, -0.25) is 9.59 Å². The van der Waals surface area contributed by atoms with Crippen LogP contribution in [0.1, 0.15) is 29.5 Å². The number of aromatic nitrogens is 2. The monoisotopic (exact) mass is 355 g/mol. The second-order valence-corrected chi connectivity index (χ2v) is 6.90. The second kappa shape index (κ2) is 7.83. The van der Waals surface area contributed by atoms with Crippen LogP contribution in [0.3, 0.4) is 0 Å². The quantitative estimate of drug-likeness (QED) is 0.892. The summed E-state index contributed by atoms with van der Waals surface area (Å²) in [5, 5.41) is 7.23. The summed E-state index contributed by atoms with van der Waals surface area (Å²) in [4.78, 5) is 24.3. The van der Waals surface area contributed by atoms with E-state index in [-0.39, 0.29) is 24.1 Å². The fourth-order valence-electron chi connectivity index (χ4n) is 3.17. The average Bonchev–Trinajstić information content (AvgIpc) is 3.12. The van der Waals surface area contributed by atoms with Crippen molar-refractivity contribution in [2.45, 2.75) is 46.3 Å². The predicted octanol–water partition coefficient (Wildman–Crippen LogP) is 2.13. The molecule has 26 heavy (non-hydrogen) atoms. The van der Waals surface area contributed by atoms with Crippen molar-refractivity contribution in [1.82, 2.24) is 15.1 Å². The minimum atomic E-state index is -0.289. The molecule has 1 amide bonds. The van der Waals surface area contributed by atoms with Crippen molar-refractivity contribution in [3.8, 4) is 11.3 Å². The van der Waals surface area contributed by atoms with Crippen LogP contribution < -0.4 is 10.9 Å². The Morgan fingerprint density at radius 2 is 2.00 bits per heavy atom.